The molecule has 0 unspecified atom stereocenters. The first-order chi connectivity index (χ1) is 12.0. The molecule has 25 heavy (non-hydrogen) atoms. The Kier molecular flexibility index (Phi) is 5.14. The third kappa shape index (κ3) is 4.06. The molecule has 130 valence electrons. The van der Waals surface area contributed by atoms with Crippen LogP contribution in [-0.4, -0.2) is 22.8 Å². The number of benzene rings is 1. The molecule has 0 amide bonds. The Bertz CT molecular complexity index is 858. The van der Waals surface area contributed by atoms with Crippen LogP contribution in [0.3, 0.4) is 0 Å². The fourth-order valence-electron chi connectivity index (χ4n) is 2.20. The highest BCUT2D eigenvalue weighted by atomic mass is 32.1. The SMILES string of the molecule is Cc1cccc(OCC(=O)O[C@H](C)c2nnc(-c3cccs3)o2)c1C. The van der Waals surface area contributed by atoms with E-state index in [2.05, 4.69) is 10.2 Å². The quantitative estimate of drug-likeness (QED) is 0.618. The number of aromatic nitrogens is 2. The van der Waals surface area contributed by atoms with Crippen molar-refractivity contribution in [1.29, 1.82) is 0 Å². The molecule has 0 saturated heterocycles. The van der Waals surface area contributed by atoms with E-state index in [1.807, 2.05) is 49.6 Å². The van der Waals surface area contributed by atoms with E-state index in [1.165, 1.54) is 11.3 Å². The van der Waals surface area contributed by atoms with Crippen LogP contribution in [-0.2, 0) is 9.53 Å². The van der Waals surface area contributed by atoms with Crippen LogP contribution in [0.2, 0.25) is 0 Å². The van der Waals surface area contributed by atoms with E-state index in [9.17, 15) is 4.79 Å². The van der Waals surface area contributed by atoms with Crippen molar-refractivity contribution in [1.82, 2.24) is 10.2 Å². The van der Waals surface area contributed by atoms with Crippen LogP contribution in [0, 0.1) is 13.8 Å². The summed E-state index contributed by atoms with van der Waals surface area (Å²) in [5.41, 5.74) is 2.10. The molecule has 0 saturated carbocycles. The summed E-state index contributed by atoms with van der Waals surface area (Å²) in [6.45, 7) is 5.44. The highest BCUT2D eigenvalue weighted by Gasteiger charge is 2.19. The van der Waals surface area contributed by atoms with E-state index >= 15 is 0 Å². The van der Waals surface area contributed by atoms with Gasteiger partial charge in [-0.25, -0.2) is 4.79 Å². The lowest BCUT2D eigenvalue weighted by molar-refractivity contribution is -0.152. The number of ether oxygens (including phenoxy) is 2. The molecule has 0 spiro atoms. The van der Waals surface area contributed by atoms with E-state index in [4.69, 9.17) is 13.9 Å². The number of esters is 1. The van der Waals surface area contributed by atoms with Gasteiger partial charge in [0.2, 0.25) is 0 Å². The zero-order valence-electron chi connectivity index (χ0n) is 14.2. The predicted octanol–water partition coefficient (Wildman–Crippen LogP) is 4.10. The van der Waals surface area contributed by atoms with Gasteiger partial charge in [0.15, 0.2) is 12.7 Å². The lowest BCUT2D eigenvalue weighted by Gasteiger charge is -2.12. The molecule has 3 aromatic rings. The summed E-state index contributed by atoms with van der Waals surface area (Å²) < 4.78 is 16.4. The monoisotopic (exact) mass is 358 g/mol. The van der Waals surface area contributed by atoms with Crippen molar-refractivity contribution >= 4 is 17.3 Å². The Morgan fingerprint density at radius 2 is 2.08 bits per heavy atom. The lowest BCUT2D eigenvalue weighted by Crippen LogP contribution is -2.17. The molecule has 1 atom stereocenters. The van der Waals surface area contributed by atoms with Crippen LogP contribution in [0.1, 0.15) is 30.0 Å². The average molecular weight is 358 g/mol. The molecule has 0 fully saturated rings. The summed E-state index contributed by atoms with van der Waals surface area (Å²) in [4.78, 5) is 12.9. The van der Waals surface area contributed by atoms with Crippen molar-refractivity contribution in [3.8, 4) is 16.5 Å². The smallest absolute Gasteiger partial charge is 0.344 e. The van der Waals surface area contributed by atoms with Gasteiger partial charge in [0.05, 0.1) is 4.88 Å². The maximum atomic E-state index is 12.0. The van der Waals surface area contributed by atoms with Crippen LogP contribution in [0.5, 0.6) is 5.75 Å². The summed E-state index contributed by atoms with van der Waals surface area (Å²) in [5.74, 6) is 0.842. The van der Waals surface area contributed by atoms with Gasteiger partial charge >= 0.3 is 5.97 Å². The minimum Gasteiger partial charge on any atom is -0.482 e. The highest BCUT2D eigenvalue weighted by Crippen LogP contribution is 2.26. The van der Waals surface area contributed by atoms with Gasteiger partial charge in [0, 0.05) is 0 Å². The van der Waals surface area contributed by atoms with Gasteiger partial charge in [-0.3, -0.25) is 0 Å². The predicted molar refractivity (Wildman–Crippen MR) is 93.5 cm³/mol. The van der Waals surface area contributed by atoms with E-state index < -0.39 is 12.1 Å². The van der Waals surface area contributed by atoms with E-state index in [0.717, 1.165) is 16.0 Å². The molecule has 6 nitrogen and oxygen atoms in total. The number of rotatable bonds is 6. The first-order valence-electron chi connectivity index (χ1n) is 7.80. The third-order valence-corrected chi connectivity index (χ3v) is 4.59. The second kappa shape index (κ2) is 7.48. The zero-order valence-corrected chi connectivity index (χ0v) is 15.0. The Morgan fingerprint density at radius 3 is 2.84 bits per heavy atom. The molecule has 0 aliphatic rings. The number of hydrogen-bond donors (Lipinski definition) is 0. The van der Waals surface area contributed by atoms with Gasteiger partial charge in [-0.15, -0.1) is 21.5 Å². The van der Waals surface area contributed by atoms with E-state index in [-0.39, 0.29) is 12.5 Å². The minimum atomic E-state index is -0.643. The van der Waals surface area contributed by atoms with Gasteiger partial charge in [-0.05, 0) is 49.4 Å². The number of carbonyl (C=O) groups is 1. The first kappa shape index (κ1) is 17.2. The number of aryl methyl sites for hydroxylation is 1. The molecular weight excluding hydrogens is 340 g/mol. The first-order valence-corrected chi connectivity index (χ1v) is 8.68. The molecule has 7 heteroatoms. The molecule has 0 aliphatic heterocycles. The summed E-state index contributed by atoms with van der Waals surface area (Å²) in [5, 5.41) is 9.84. The van der Waals surface area contributed by atoms with E-state index in [0.29, 0.717) is 11.6 Å². The molecule has 2 aromatic heterocycles. The molecule has 0 bridgehead atoms. The third-order valence-electron chi connectivity index (χ3n) is 3.73. The minimum absolute atomic E-state index is 0.180. The van der Waals surface area contributed by atoms with Gasteiger partial charge < -0.3 is 13.9 Å². The summed E-state index contributed by atoms with van der Waals surface area (Å²) >= 11 is 1.50. The summed E-state index contributed by atoms with van der Waals surface area (Å²) in [7, 11) is 0. The van der Waals surface area contributed by atoms with E-state index in [1.54, 1.807) is 6.92 Å². The van der Waals surface area contributed by atoms with Crippen LogP contribution in [0.15, 0.2) is 40.1 Å². The Labute approximate surface area is 149 Å². The second-order valence-corrected chi connectivity index (χ2v) is 6.49. The summed E-state index contributed by atoms with van der Waals surface area (Å²) in [6, 6.07) is 9.48. The number of carbonyl (C=O) groups excluding carboxylic acids is 1. The van der Waals surface area contributed by atoms with Gasteiger partial charge in [0.25, 0.3) is 11.8 Å². The summed E-state index contributed by atoms with van der Waals surface area (Å²) in [6.07, 6.45) is -0.643. The molecule has 0 aliphatic carbocycles. The van der Waals surface area contributed by atoms with Crippen LogP contribution in [0.4, 0.5) is 0 Å². The van der Waals surface area contributed by atoms with Crippen LogP contribution >= 0.6 is 11.3 Å². The van der Waals surface area contributed by atoms with Crippen LogP contribution in [0.25, 0.3) is 10.8 Å². The normalized spacial score (nSPS) is 12.0. The maximum Gasteiger partial charge on any atom is 0.344 e. The number of nitrogens with zero attached hydrogens (tertiary/aromatic N) is 2. The fourth-order valence-corrected chi connectivity index (χ4v) is 2.84. The maximum absolute atomic E-state index is 12.0. The molecule has 2 heterocycles. The largest absolute Gasteiger partial charge is 0.482 e. The van der Waals surface area contributed by atoms with Gasteiger partial charge in [-0.1, -0.05) is 18.2 Å². The molecule has 0 N–H and O–H groups in total. The van der Waals surface area contributed by atoms with Crippen LogP contribution < -0.4 is 4.74 Å². The Morgan fingerprint density at radius 1 is 1.24 bits per heavy atom. The van der Waals surface area contributed by atoms with Crippen molar-refractivity contribution in [2.75, 3.05) is 6.61 Å². The van der Waals surface area contributed by atoms with Crippen molar-refractivity contribution in [2.24, 2.45) is 0 Å². The second-order valence-electron chi connectivity index (χ2n) is 5.54. The zero-order chi connectivity index (χ0) is 17.8. The molecule has 1 aromatic carbocycles. The standard InChI is InChI=1S/C18H18N2O4S/c1-11-6-4-7-14(12(11)2)22-10-16(21)23-13(3)17-19-20-18(24-17)15-8-5-9-25-15/h4-9,13H,10H2,1-3H3/t13-/m1/s1. The fraction of sp³-hybridized carbons (Fsp3) is 0.278. The lowest BCUT2D eigenvalue weighted by atomic mass is 10.1. The molecular formula is C18H18N2O4S. The highest BCUT2D eigenvalue weighted by molar-refractivity contribution is 7.13. The van der Waals surface area contributed by atoms with Gasteiger partial charge in [0.1, 0.15) is 5.75 Å². The van der Waals surface area contributed by atoms with Crippen molar-refractivity contribution in [2.45, 2.75) is 26.9 Å². The Balaban J connectivity index is 1.56. The van der Waals surface area contributed by atoms with Crippen molar-refractivity contribution in [3.05, 3.63) is 52.7 Å². The number of hydrogen-bond acceptors (Lipinski definition) is 7. The average Bonchev–Trinajstić information content (AvgIpc) is 3.27. The molecule has 3 rings (SSSR count). The Hall–Kier alpha value is -2.67. The van der Waals surface area contributed by atoms with Crippen molar-refractivity contribution in [3.63, 3.8) is 0 Å². The molecule has 0 radical (unpaired) electrons. The topological polar surface area (TPSA) is 74.5 Å². The van der Waals surface area contributed by atoms with Gasteiger partial charge in [-0.2, -0.15) is 0 Å². The van der Waals surface area contributed by atoms with Crippen molar-refractivity contribution < 1.29 is 18.7 Å². The number of thiophene rings is 1.